The molecule has 0 spiro atoms. The number of hydrogen-bond acceptors (Lipinski definition) is 4. The first kappa shape index (κ1) is 34.4. The summed E-state index contributed by atoms with van der Waals surface area (Å²) in [6.07, 6.45) is 32.0. The second kappa shape index (κ2) is 12.4. The molecule has 0 aromatic carbocycles. The van der Waals surface area contributed by atoms with Gasteiger partial charge >= 0.3 is 0 Å². The Hall–Kier alpha value is -2.50. The summed E-state index contributed by atoms with van der Waals surface area (Å²) < 4.78 is 12.5. The van der Waals surface area contributed by atoms with Crippen LogP contribution in [0.3, 0.4) is 0 Å². The summed E-state index contributed by atoms with van der Waals surface area (Å²) in [5.41, 5.74) is 3.36. The Kier molecular flexibility index (Phi) is 9.66. The predicted octanol–water partition coefficient (Wildman–Crippen LogP) is 8.97. The van der Waals surface area contributed by atoms with Gasteiger partial charge in [-0.15, -0.1) is 0 Å². The van der Waals surface area contributed by atoms with Crippen LogP contribution < -0.4 is 0 Å². The van der Waals surface area contributed by atoms with Gasteiger partial charge in [-0.25, -0.2) is 0 Å². The summed E-state index contributed by atoms with van der Waals surface area (Å²) in [4.78, 5) is 0. The number of fused-ring (bicyclic) bond motifs is 2. The zero-order chi connectivity index (χ0) is 32.6. The predicted molar refractivity (Wildman–Crippen MR) is 183 cm³/mol. The molecule has 2 saturated heterocycles. The van der Waals surface area contributed by atoms with Crippen molar-refractivity contribution in [1.29, 1.82) is 0 Å². The maximum absolute atomic E-state index is 10.3. The summed E-state index contributed by atoms with van der Waals surface area (Å²) >= 11 is 0. The van der Waals surface area contributed by atoms with E-state index in [9.17, 15) is 10.2 Å². The molecule has 4 nitrogen and oxygen atoms in total. The van der Waals surface area contributed by atoms with Crippen LogP contribution in [0.2, 0.25) is 0 Å². The molecular weight excluding hydrogens is 544 g/mol. The molecule has 0 bridgehead atoms. The molecule has 4 heteroatoms. The SMILES string of the molecule is CC(/C=C\C=C(C)\C=C\[C@]12O[C@@]1(C)C[C@H](O)CC2(C)C)=C/C=C/C=C(C)/C=C/C=C(C)\C=C/[C@]12O[C@@]1(C)C[C@H](O)CC2(C)C. The first-order chi connectivity index (χ1) is 20.4. The number of allylic oxidation sites excluding steroid dienone is 16. The van der Waals surface area contributed by atoms with Gasteiger partial charge in [0, 0.05) is 23.7 Å². The normalized spacial score (nSPS) is 39.2. The average Bonchev–Trinajstić information content (AvgIpc) is 3.73. The van der Waals surface area contributed by atoms with E-state index in [-0.39, 0.29) is 45.4 Å². The fraction of sp³-hybridized carbons (Fsp3) is 0.550. The Morgan fingerprint density at radius 2 is 0.818 bits per heavy atom. The lowest BCUT2D eigenvalue weighted by Crippen LogP contribution is -2.46. The molecule has 0 unspecified atom stereocenters. The average molecular weight is 601 g/mol. The third kappa shape index (κ3) is 6.84. The number of ether oxygens (including phenoxy) is 2. The van der Waals surface area contributed by atoms with E-state index in [0.717, 1.165) is 12.8 Å². The fourth-order valence-corrected chi connectivity index (χ4v) is 7.99. The highest BCUT2D eigenvalue weighted by Crippen LogP contribution is 2.67. The van der Waals surface area contributed by atoms with E-state index in [4.69, 9.17) is 9.47 Å². The highest BCUT2D eigenvalue weighted by Gasteiger charge is 2.75. The van der Waals surface area contributed by atoms with Crippen LogP contribution in [0.4, 0.5) is 0 Å². The van der Waals surface area contributed by atoms with E-state index >= 15 is 0 Å². The fourth-order valence-electron chi connectivity index (χ4n) is 7.99. The molecule has 2 saturated carbocycles. The van der Waals surface area contributed by atoms with Crippen LogP contribution in [0.15, 0.2) is 107 Å². The molecule has 6 atom stereocenters. The second-order valence-corrected chi connectivity index (χ2v) is 15.4. The molecule has 4 fully saturated rings. The first-order valence-electron chi connectivity index (χ1n) is 16.3. The molecule has 240 valence electrons. The minimum atomic E-state index is -0.294. The summed E-state index contributed by atoms with van der Waals surface area (Å²) in [5, 5.41) is 20.5. The van der Waals surface area contributed by atoms with Crippen LogP contribution >= 0.6 is 0 Å². The lowest BCUT2D eigenvalue weighted by molar-refractivity contribution is 0.0510. The Morgan fingerprint density at radius 1 is 0.500 bits per heavy atom. The van der Waals surface area contributed by atoms with E-state index in [0.29, 0.717) is 12.8 Å². The number of hydrogen-bond donors (Lipinski definition) is 2. The zero-order valence-electron chi connectivity index (χ0n) is 28.8. The van der Waals surface area contributed by atoms with Crippen molar-refractivity contribution >= 4 is 0 Å². The van der Waals surface area contributed by atoms with Crippen molar-refractivity contribution in [2.45, 2.75) is 130 Å². The van der Waals surface area contributed by atoms with Crippen molar-refractivity contribution in [1.82, 2.24) is 0 Å². The van der Waals surface area contributed by atoms with Crippen LogP contribution in [0, 0.1) is 10.8 Å². The lowest BCUT2D eigenvalue weighted by atomic mass is 9.63. The van der Waals surface area contributed by atoms with Gasteiger partial charge in [0.15, 0.2) is 0 Å². The van der Waals surface area contributed by atoms with Crippen LogP contribution in [0.1, 0.15) is 94.9 Å². The van der Waals surface area contributed by atoms with Crippen molar-refractivity contribution in [3.8, 4) is 0 Å². The Balaban J connectivity index is 1.25. The van der Waals surface area contributed by atoms with Gasteiger partial charge in [-0.05, 0) is 66.5 Å². The minimum absolute atomic E-state index is 0.0969. The van der Waals surface area contributed by atoms with Crippen molar-refractivity contribution < 1.29 is 19.7 Å². The summed E-state index contributed by atoms with van der Waals surface area (Å²) in [5.74, 6) is 0. The third-order valence-corrected chi connectivity index (χ3v) is 10.4. The van der Waals surface area contributed by atoms with Crippen molar-refractivity contribution in [3.05, 3.63) is 107 Å². The van der Waals surface area contributed by atoms with E-state index < -0.39 is 0 Å². The molecule has 0 radical (unpaired) electrons. The molecule has 44 heavy (non-hydrogen) atoms. The van der Waals surface area contributed by atoms with Gasteiger partial charge in [0.1, 0.15) is 22.4 Å². The largest absolute Gasteiger partial charge is 0.393 e. The molecule has 2 N–H and O–H groups in total. The molecule has 2 heterocycles. The van der Waals surface area contributed by atoms with E-state index in [1.807, 2.05) is 0 Å². The number of epoxide rings is 2. The van der Waals surface area contributed by atoms with Crippen LogP contribution in [0.5, 0.6) is 0 Å². The summed E-state index contributed by atoms with van der Waals surface area (Å²) in [6, 6.07) is 0. The van der Waals surface area contributed by atoms with E-state index in [1.165, 1.54) is 22.3 Å². The molecule has 0 aromatic rings. The molecule has 4 aliphatic rings. The number of rotatable bonds is 10. The maximum Gasteiger partial charge on any atom is 0.121 e. The standard InChI is InChI=1S/C40H56O4/c1-29(17-13-19-31(3)21-23-39-35(5,6)25-33(41)27-37(39,9)43-39)15-11-12-16-30(2)18-14-20-32(4)22-24-40-36(7,8)26-34(42)28-38(40,10)44-40/h11-24,33-34,41-42H,25-28H2,1-10H3/b12-11+,17-13-,18-14+,23-21+,24-22-,29-15-,30-16+,31-19+,32-20-/t33-,34-,37+,38+,39-,40-/m1/s1. The Bertz CT molecular complexity index is 1270. The molecule has 0 amide bonds. The smallest absolute Gasteiger partial charge is 0.121 e. The van der Waals surface area contributed by atoms with Crippen LogP contribution in [-0.2, 0) is 9.47 Å². The first-order valence-corrected chi connectivity index (χ1v) is 16.3. The van der Waals surface area contributed by atoms with E-state index in [2.05, 4.69) is 154 Å². The quantitative estimate of drug-likeness (QED) is 0.194. The van der Waals surface area contributed by atoms with Gasteiger partial charge in [0.2, 0.25) is 0 Å². The zero-order valence-corrected chi connectivity index (χ0v) is 28.8. The molecular formula is C40H56O4. The number of aliphatic hydroxyl groups is 2. The molecule has 0 aromatic heterocycles. The summed E-state index contributed by atoms with van der Waals surface area (Å²) in [7, 11) is 0. The van der Waals surface area contributed by atoms with Crippen molar-refractivity contribution in [2.24, 2.45) is 10.8 Å². The van der Waals surface area contributed by atoms with E-state index in [1.54, 1.807) is 0 Å². The van der Waals surface area contributed by atoms with Gasteiger partial charge < -0.3 is 19.7 Å². The number of aliphatic hydroxyl groups excluding tert-OH is 2. The lowest BCUT2D eigenvalue weighted by Gasteiger charge is -2.39. The molecule has 2 aliphatic carbocycles. The van der Waals surface area contributed by atoms with Gasteiger partial charge in [0.25, 0.3) is 0 Å². The Labute approximate surface area is 267 Å². The van der Waals surface area contributed by atoms with Crippen LogP contribution in [0.25, 0.3) is 0 Å². The summed E-state index contributed by atoms with van der Waals surface area (Å²) in [6.45, 7) is 21.4. The second-order valence-electron chi connectivity index (χ2n) is 15.4. The Morgan fingerprint density at radius 3 is 1.16 bits per heavy atom. The van der Waals surface area contributed by atoms with Gasteiger partial charge in [-0.3, -0.25) is 0 Å². The molecule has 2 aliphatic heterocycles. The highest BCUT2D eigenvalue weighted by molar-refractivity contribution is 5.38. The topological polar surface area (TPSA) is 65.5 Å². The minimum Gasteiger partial charge on any atom is -0.393 e. The van der Waals surface area contributed by atoms with Gasteiger partial charge in [-0.2, -0.15) is 0 Å². The molecule has 4 rings (SSSR count). The third-order valence-electron chi connectivity index (χ3n) is 10.4. The maximum atomic E-state index is 10.3. The highest BCUT2D eigenvalue weighted by atomic mass is 16.6. The monoisotopic (exact) mass is 600 g/mol. The van der Waals surface area contributed by atoms with Crippen molar-refractivity contribution in [2.75, 3.05) is 0 Å². The van der Waals surface area contributed by atoms with Gasteiger partial charge in [-0.1, -0.05) is 123 Å². The van der Waals surface area contributed by atoms with Crippen molar-refractivity contribution in [3.63, 3.8) is 0 Å². The van der Waals surface area contributed by atoms with Crippen LogP contribution in [-0.4, -0.2) is 44.8 Å². The van der Waals surface area contributed by atoms with Gasteiger partial charge in [0.05, 0.1) is 12.2 Å².